The number of allylic oxidation sites excluding steroid dienone is 2. The first kappa shape index (κ1) is 76.9. The van der Waals surface area contributed by atoms with Crippen LogP contribution in [0.4, 0.5) is 0 Å². The molecule has 1 heterocycles. The summed E-state index contributed by atoms with van der Waals surface area (Å²) in [6.45, 7) is 29.3. The molecule has 1 rings (SSSR count). The zero-order chi connectivity index (χ0) is 66.0. The summed E-state index contributed by atoms with van der Waals surface area (Å²) in [5, 5.41) is 23.1. The summed E-state index contributed by atoms with van der Waals surface area (Å²) in [6, 6.07) is -12.3. The van der Waals surface area contributed by atoms with Crippen molar-refractivity contribution in [1.82, 2.24) is 55.6 Å². The second-order valence-corrected chi connectivity index (χ2v) is 26.1. The summed E-state index contributed by atoms with van der Waals surface area (Å²) in [5.74, 6) is -9.71. The molecule has 1 fully saturated rings. The lowest BCUT2D eigenvalue weighted by Gasteiger charge is -2.41. The molecule has 11 amide bonds. The molecule has 0 aromatic carbocycles. The molecule has 5 N–H and O–H groups in total. The molecule has 0 bridgehead atoms. The highest BCUT2D eigenvalue weighted by Gasteiger charge is 2.45. The van der Waals surface area contributed by atoms with E-state index >= 15 is 9.59 Å². The van der Waals surface area contributed by atoms with E-state index in [9.17, 15) is 48.3 Å². The van der Waals surface area contributed by atoms with Gasteiger partial charge >= 0.3 is 0 Å². The number of carbonyl (C=O) groups excluding carboxylic acids is 11. The van der Waals surface area contributed by atoms with Crippen molar-refractivity contribution in [2.45, 2.75) is 223 Å². The minimum Gasteiger partial charge on any atom is -0.390 e. The van der Waals surface area contributed by atoms with Crippen LogP contribution in [0, 0.1) is 41.4 Å². The van der Waals surface area contributed by atoms with Crippen LogP contribution in [0.25, 0.3) is 0 Å². The molecule has 1 aliphatic heterocycles. The van der Waals surface area contributed by atoms with Crippen LogP contribution in [0.1, 0.15) is 156 Å². The van der Waals surface area contributed by atoms with E-state index in [2.05, 4.69) is 21.3 Å². The number of carbonyl (C=O) groups is 11. The van der Waals surface area contributed by atoms with E-state index in [0.29, 0.717) is 6.42 Å². The largest absolute Gasteiger partial charge is 0.390 e. The van der Waals surface area contributed by atoms with Gasteiger partial charge in [0.15, 0.2) is 0 Å². The van der Waals surface area contributed by atoms with E-state index in [1.807, 2.05) is 61.5 Å². The van der Waals surface area contributed by atoms with Crippen LogP contribution in [0.15, 0.2) is 12.2 Å². The lowest BCUT2D eigenvalue weighted by Crippen LogP contribution is -2.63. The van der Waals surface area contributed by atoms with Crippen molar-refractivity contribution in [3.63, 3.8) is 0 Å². The van der Waals surface area contributed by atoms with Crippen LogP contribution < -0.4 is 21.3 Å². The van der Waals surface area contributed by atoms with Gasteiger partial charge in [0.05, 0.1) is 12.6 Å². The number of likely N-dealkylation sites (N-methyl/N-ethyl adjacent to an activating group) is 7. The second-order valence-electron chi connectivity index (χ2n) is 26.1. The maximum absolute atomic E-state index is 15.1. The minimum atomic E-state index is -1.61. The van der Waals surface area contributed by atoms with Crippen molar-refractivity contribution in [1.29, 1.82) is 0 Å². The molecular formula is C62H111N11O12. The third-order valence-electron chi connectivity index (χ3n) is 16.1. The van der Waals surface area contributed by atoms with Gasteiger partial charge in [0, 0.05) is 49.3 Å². The van der Waals surface area contributed by atoms with Crippen LogP contribution in [-0.2, 0) is 52.7 Å². The Morgan fingerprint density at radius 1 is 0.459 bits per heavy atom. The monoisotopic (exact) mass is 1200 g/mol. The molecule has 0 aromatic heterocycles. The highest BCUT2D eigenvalue weighted by Crippen LogP contribution is 2.26. The average molecular weight is 1200 g/mol. The van der Waals surface area contributed by atoms with E-state index in [0.717, 1.165) is 9.80 Å². The number of aliphatic hydroxyl groups excluding tert-OH is 1. The Bertz CT molecular complexity index is 2330. The first-order valence-electron chi connectivity index (χ1n) is 30.6. The van der Waals surface area contributed by atoms with Gasteiger partial charge in [0.25, 0.3) is 0 Å². The maximum atomic E-state index is 15.1. The van der Waals surface area contributed by atoms with E-state index in [1.165, 1.54) is 87.7 Å². The number of amides is 11. The lowest BCUT2D eigenvalue weighted by molar-refractivity contribution is -0.157. The van der Waals surface area contributed by atoms with Crippen molar-refractivity contribution in [3.05, 3.63) is 12.2 Å². The summed E-state index contributed by atoms with van der Waals surface area (Å²) >= 11 is 0. The molecule has 1 aliphatic rings. The lowest BCUT2D eigenvalue weighted by atomic mass is 9.91. The first-order valence-corrected chi connectivity index (χ1v) is 30.6. The number of aliphatic hydroxyl groups is 1. The van der Waals surface area contributed by atoms with E-state index < -0.39 is 156 Å². The molecule has 23 nitrogen and oxygen atoms in total. The Labute approximate surface area is 508 Å². The summed E-state index contributed by atoms with van der Waals surface area (Å²) in [4.78, 5) is 169. The fourth-order valence-electron chi connectivity index (χ4n) is 10.7. The summed E-state index contributed by atoms with van der Waals surface area (Å²) in [6.07, 6.45) is 3.04. The van der Waals surface area contributed by atoms with Gasteiger partial charge in [-0.05, 0) is 101 Å². The third kappa shape index (κ3) is 21.7. The van der Waals surface area contributed by atoms with Crippen molar-refractivity contribution in [2.75, 3.05) is 55.9 Å². The predicted molar refractivity (Wildman–Crippen MR) is 328 cm³/mol. The molecule has 0 aliphatic carbocycles. The van der Waals surface area contributed by atoms with Gasteiger partial charge in [0.1, 0.15) is 60.4 Å². The minimum absolute atomic E-state index is 0.0229. The van der Waals surface area contributed by atoms with Gasteiger partial charge in [-0.15, -0.1) is 0 Å². The number of hydrogen-bond acceptors (Lipinski definition) is 12. The van der Waals surface area contributed by atoms with Crippen molar-refractivity contribution >= 4 is 65.0 Å². The molecule has 85 heavy (non-hydrogen) atoms. The molecular weight excluding hydrogens is 1090 g/mol. The van der Waals surface area contributed by atoms with E-state index in [1.54, 1.807) is 54.5 Å². The van der Waals surface area contributed by atoms with Gasteiger partial charge < -0.3 is 60.7 Å². The molecule has 0 saturated carbocycles. The Kier molecular flexibility index (Phi) is 31.5. The molecule has 486 valence electrons. The van der Waals surface area contributed by atoms with Gasteiger partial charge in [-0.3, -0.25) is 52.7 Å². The van der Waals surface area contributed by atoms with Gasteiger partial charge in [-0.25, -0.2) is 0 Å². The molecule has 0 aromatic rings. The predicted octanol–water partition coefficient (Wildman–Crippen LogP) is 3.27. The number of nitrogens with one attached hydrogen (secondary N) is 4. The van der Waals surface area contributed by atoms with E-state index in [-0.39, 0.29) is 55.8 Å². The number of hydrogen-bond donors (Lipinski definition) is 5. The smallest absolute Gasteiger partial charge is 0.246 e. The quantitative estimate of drug-likeness (QED) is 0.148. The number of nitrogens with zero attached hydrogens (tertiary/aromatic N) is 7. The van der Waals surface area contributed by atoms with Gasteiger partial charge in [-0.2, -0.15) is 0 Å². The topological polar surface area (TPSA) is 279 Å². The van der Waals surface area contributed by atoms with E-state index in [4.69, 9.17) is 0 Å². The number of rotatable bonds is 15. The molecule has 0 spiro atoms. The fraction of sp³-hybridized carbons (Fsp3) is 0.790. The van der Waals surface area contributed by atoms with Crippen LogP contribution in [-0.4, -0.2) is 227 Å². The van der Waals surface area contributed by atoms with Crippen LogP contribution in [0.3, 0.4) is 0 Å². The van der Waals surface area contributed by atoms with Crippen LogP contribution in [0.2, 0.25) is 0 Å². The Hall–Kier alpha value is -6.13. The standard InChI is InChI=1S/C62H111N11O12/c1-25-27-28-40(15)52(75)51-56(79)65-43(26-2)58(81)67(18)33-48(74)68(19)44(29-34(3)4)55(78)66-49(38(11)12)61(84)69(20)45(30-35(5)6)54(77)63-41(16)53(76)64-42(17)57(80)70(21)46(31-36(7)8)59(82)71(22)47(32-37(9)10)60(83)72(23)50(39(13)14)62(85)73(51)24/h25,27,34-47,49-52,75H,26,28-33H2,1-24H3,(H,63,77)(H,64,76)(H,65,79)(H,66,78)/b27-25+/t40-,41+,42-,43+,44+,45+,46?,47+,49+,50+,51+,52-/m1/s1. The summed E-state index contributed by atoms with van der Waals surface area (Å²) in [7, 11) is 9.92. The zero-order valence-corrected chi connectivity index (χ0v) is 56.1. The Morgan fingerprint density at radius 3 is 1.32 bits per heavy atom. The van der Waals surface area contributed by atoms with Crippen molar-refractivity contribution < 1.29 is 57.8 Å². The summed E-state index contributed by atoms with van der Waals surface area (Å²) in [5.41, 5.74) is 0. The highest BCUT2D eigenvalue weighted by molar-refractivity contribution is 5.99. The molecule has 12 atom stereocenters. The van der Waals surface area contributed by atoms with Crippen LogP contribution in [0.5, 0.6) is 0 Å². The highest BCUT2D eigenvalue weighted by atomic mass is 16.3. The normalized spacial score (nSPS) is 26.9. The van der Waals surface area contributed by atoms with Crippen LogP contribution >= 0.6 is 0 Å². The van der Waals surface area contributed by atoms with Crippen molar-refractivity contribution in [3.8, 4) is 0 Å². The first-order chi connectivity index (χ1) is 39.2. The molecule has 1 saturated heterocycles. The second kappa shape index (κ2) is 34.9. The zero-order valence-electron chi connectivity index (χ0n) is 56.1. The Balaban J connectivity index is 4.32. The molecule has 0 radical (unpaired) electrons. The van der Waals surface area contributed by atoms with Gasteiger partial charge in [0.2, 0.25) is 65.0 Å². The Morgan fingerprint density at radius 2 is 0.871 bits per heavy atom. The van der Waals surface area contributed by atoms with Crippen molar-refractivity contribution in [2.24, 2.45) is 41.4 Å². The molecule has 1 unspecified atom stereocenters. The molecule has 23 heteroatoms. The third-order valence-corrected chi connectivity index (χ3v) is 16.1. The summed E-state index contributed by atoms with van der Waals surface area (Å²) < 4.78 is 0. The SMILES string of the molecule is C/C=C/C[C@@H](C)[C@@H](O)[C@H]1C(=O)N[C@@H](CC)C(=O)N(C)CC(=O)N(C)[C@@H](CC(C)C)C(=O)N[C@@H](C(C)C)C(=O)N(C)[C@@H](CC(C)C)C(=O)N[C@@H](C)C(=O)N[C@H](C)C(=O)N(C)C(CC(C)C)C(=O)N(C)[C@@H](CC(C)C)C(=O)N(C)[C@@H](C(C)C)C(=O)N1C. The maximum Gasteiger partial charge on any atom is 0.246 e. The average Bonchev–Trinajstić information content (AvgIpc) is 3.62. The fourth-order valence-corrected chi connectivity index (χ4v) is 10.7. The van der Waals surface area contributed by atoms with Gasteiger partial charge in [-0.1, -0.05) is 109 Å².